The smallest absolute Gasteiger partial charge is 0.292 e. The third-order valence-electron chi connectivity index (χ3n) is 3.80. The van der Waals surface area contributed by atoms with Crippen molar-refractivity contribution in [2.45, 2.75) is 0 Å². The summed E-state index contributed by atoms with van der Waals surface area (Å²) in [4.78, 5) is 12.6. The Bertz CT molecular complexity index is 814. The molecule has 0 atom stereocenters. The Kier molecular flexibility index (Phi) is 4.06. The summed E-state index contributed by atoms with van der Waals surface area (Å²) >= 11 is 0. The van der Waals surface area contributed by atoms with Crippen LogP contribution in [-0.4, -0.2) is 12.0 Å². The summed E-state index contributed by atoms with van der Waals surface area (Å²) in [6.45, 7) is 0. The van der Waals surface area contributed by atoms with Crippen molar-refractivity contribution in [2.24, 2.45) is 0 Å². The van der Waals surface area contributed by atoms with E-state index in [1.54, 1.807) is 18.2 Å². The van der Waals surface area contributed by atoms with E-state index in [1.807, 2.05) is 54.4 Å². The molecule has 0 fully saturated rings. The highest BCUT2D eigenvalue weighted by molar-refractivity contribution is 5.73. The molecule has 114 valence electrons. The molecule has 23 heavy (non-hydrogen) atoms. The van der Waals surface area contributed by atoms with Gasteiger partial charge in [-0.2, -0.15) is 0 Å². The van der Waals surface area contributed by atoms with E-state index >= 15 is 0 Å². The Morgan fingerprint density at radius 2 is 1.35 bits per heavy atom. The summed E-state index contributed by atoms with van der Waals surface area (Å²) in [5.74, 6) is 0. The van der Waals surface area contributed by atoms with E-state index in [4.69, 9.17) is 0 Å². The Morgan fingerprint density at radius 3 is 2.00 bits per heavy atom. The molecule has 0 spiro atoms. The Hall–Kier alpha value is -3.14. The zero-order valence-corrected chi connectivity index (χ0v) is 12.7. The lowest BCUT2D eigenvalue weighted by Gasteiger charge is -2.19. The topological polar surface area (TPSA) is 46.4 Å². The first-order chi connectivity index (χ1) is 11.2. The summed E-state index contributed by atoms with van der Waals surface area (Å²) < 4.78 is 0. The number of nitro groups is 1. The van der Waals surface area contributed by atoms with Crippen LogP contribution in [0.5, 0.6) is 0 Å². The lowest BCUT2D eigenvalue weighted by molar-refractivity contribution is -0.384. The molecule has 0 unspecified atom stereocenters. The minimum atomic E-state index is -0.357. The average Bonchev–Trinajstić information content (AvgIpc) is 2.62. The third kappa shape index (κ3) is 3.06. The molecule has 4 heteroatoms. The van der Waals surface area contributed by atoms with E-state index in [-0.39, 0.29) is 10.6 Å². The third-order valence-corrected chi connectivity index (χ3v) is 3.80. The maximum absolute atomic E-state index is 11.2. The van der Waals surface area contributed by atoms with Crippen LogP contribution in [0.4, 0.5) is 17.1 Å². The first-order valence-corrected chi connectivity index (χ1v) is 7.29. The highest BCUT2D eigenvalue weighted by Gasteiger charge is 2.16. The van der Waals surface area contributed by atoms with Crippen LogP contribution in [0.25, 0.3) is 11.1 Å². The van der Waals surface area contributed by atoms with Crippen molar-refractivity contribution in [3.63, 3.8) is 0 Å². The molecule has 0 bridgehead atoms. The first-order valence-electron chi connectivity index (χ1n) is 7.29. The van der Waals surface area contributed by atoms with Gasteiger partial charge in [0.05, 0.1) is 4.92 Å². The molecule has 0 amide bonds. The number of benzene rings is 3. The molecule has 3 rings (SSSR count). The summed E-state index contributed by atoms with van der Waals surface area (Å²) in [7, 11) is 1.83. The van der Waals surface area contributed by atoms with Crippen LogP contribution < -0.4 is 4.90 Å². The zero-order chi connectivity index (χ0) is 16.2. The fourth-order valence-corrected chi connectivity index (χ4v) is 2.55. The quantitative estimate of drug-likeness (QED) is 0.501. The Morgan fingerprint density at radius 1 is 0.783 bits per heavy atom. The molecule has 0 saturated heterocycles. The van der Waals surface area contributed by atoms with Crippen LogP contribution in [0.1, 0.15) is 0 Å². The normalized spacial score (nSPS) is 10.3. The van der Waals surface area contributed by atoms with Crippen LogP contribution in [0.15, 0.2) is 78.9 Å². The van der Waals surface area contributed by atoms with Gasteiger partial charge in [0, 0.05) is 18.8 Å². The van der Waals surface area contributed by atoms with Gasteiger partial charge in [-0.3, -0.25) is 10.1 Å². The molecule has 3 aromatic rings. The van der Waals surface area contributed by atoms with Crippen molar-refractivity contribution in [3.05, 3.63) is 89.0 Å². The van der Waals surface area contributed by atoms with Crippen LogP contribution >= 0.6 is 0 Å². The summed E-state index contributed by atoms with van der Waals surface area (Å²) in [6.07, 6.45) is 0. The molecule has 0 radical (unpaired) electrons. The van der Waals surface area contributed by atoms with Gasteiger partial charge in [-0.25, -0.2) is 0 Å². The molecule has 0 saturated carbocycles. The molecule has 4 nitrogen and oxygen atoms in total. The number of rotatable bonds is 4. The lowest BCUT2D eigenvalue weighted by Crippen LogP contribution is -2.11. The van der Waals surface area contributed by atoms with Crippen molar-refractivity contribution in [1.82, 2.24) is 0 Å². The fraction of sp³-hybridized carbons (Fsp3) is 0.0526. The van der Waals surface area contributed by atoms with Gasteiger partial charge >= 0.3 is 0 Å². The van der Waals surface area contributed by atoms with E-state index < -0.39 is 0 Å². The Labute approximate surface area is 134 Å². The highest BCUT2D eigenvalue weighted by atomic mass is 16.6. The number of anilines is 2. The molecule has 0 aliphatic rings. The van der Waals surface area contributed by atoms with E-state index in [1.165, 1.54) is 6.07 Å². The molecule has 0 aliphatic heterocycles. The molecule has 0 N–H and O–H groups in total. The number of hydrogen-bond acceptors (Lipinski definition) is 3. The van der Waals surface area contributed by atoms with Gasteiger partial charge in [-0.05, 0) is 29.3 Å². The van der Waals surface area contributed by atoms with Gasteiger partial charge in [0.2, 0.25) is 0 Å². The van der Waals surface area contributed by atoms with E-state index in [0.717, 1.165) is 16.8 Å². The summed E-state index contributed by atoms with van der Waals surface area (Å²) in [5.41, 5.74) is 3.84. The fourth-order valence-electron chi connectivity index (χ4n) is 2.55. The van der Waals surface area contributed by atoms with E-state index in [0.29, 0.717) is 5.69 Å². The van der Waals surface area contributed by atoms with Crippen LogP contribution in [0.3, 0.4) is 0 Å². The van der Waals surface area contributed by atoms with Crippen LogP contribution in [0.2, 0.25) is 0 Å². The molecule has 3 aromatic carbocycles. The molecular formula is C19H16N2O2. The van der Waals surface area contributed by atoms with Gasteiger partial charge in [-0.15, -0.1) is 0 Å². The minimum absolute atomic E-state index is 0.0992. The van der Waals surface area contributed by atoms with E-state index in [9.17, 15) is 10.1 Å². The Balaban J connectivity index is 1.92. The minimum Gasteiger partial charge on any atom is -0.339 e. The van der Waals surface area contributed by atoms with Crippen molar-refractivity contribution < 1.29 is 4.92 Å². The van der Waals surface area contributed by atoms with Gasteiger partial charge in [0.1, 0.15) is 5.69 Å². The van der Waals surface area contributed by atoms with Crippen molar-refractivity contribution in [2.75, 3.05) is 11.9 Å². The largest absolute Gasteiger partial charge is 0.339 e. The van der Waals surface area contributed by atoms with Crippen LogP contribution in [0, 0.1) is 10.1 Å². The van der Waals surface area contributed by atoms with Crippen LogP contribution in [-0.2, 0) is 0 Å². The number of para-hydroxylation sites is 2. The standard InChI is InChI=1S/C19H16N2O2/c1-20(18-9-5-6-10-19(18)21(22)23)17-13-11-16(12-14-17)15-7-3-2-4-8-15/h2-14H,1H3. The predicted octanol–water partition coefficient (Wildman–Crippen LogP) is 5.03. The second kappa shape index (κ2) is 6.32. The predicted molar refractivity (Wildman–Crippen MR) is 93.0 cm³/mol. The molecular weight excluding hydrogens is 288 g/mol. The van der Waals surface area contributed by atoms with Gasteiger partial charge in [0.25, 0.3) is 5.69 Å². The highest BCUT2D eigenvalue weighted by Crippen LogP contribution is 2.32. The summed E-state index contributed by atoms with van der Waals surface area (Å²) in [6, 6.07) is 24.8. The van der Waals surface area contributed by atoms with E-state index in [2.05, 4.69) is 12.1 Å². The second-order valence-corrected chi connectivity index (χ2v) is 5.22. The summed E-state index contributed by atoms with van der Waals surface area (Å²) in [5, 5.41) is 11.2. The molecule has 0 aliphatic carbocycles. The van der Waals surface area contributed by atoms with Gasteiger partial charge in [0.15, 0.2) is 0 Å². The lowest BCUT2D eigenvalue weighted by atomic mass is 10.1. The number of nitrogens with zero attached hydrogens (tertiary/aromatic N) is 2. The maximum atomic E-state index is 11.2. The second-order valence-electron chi connectivity index (χ2n) is 5.22. The van der Waals surface area contributed by atoms with Gasteiger partial charge in [-0.1, -0.05) is 54.6 Å². The molecule has 0 aromatic heterocycles. The van der Waals surface area contributed by atoms with Crippen molar-refractivity contribution in [3.8, 4) is 11.1 Å². The number of hydrogen-bond donors (Lipinski definition) is 0. The zero-order valence-electron chi connectivity index (χ0n) is 12.7. The average molecular weight is 304 g/mol. The maximum Gasteiger partial charge on any atom is 0.292 e. The van der Waals surface area contributed by atoms with Crippen molar-refractivity contribution >= 4 is 17.1 Å². The first kappa shape index (κ1) is 14.8. The monoisotopic (exact) mass is 304 g/mol. The van der Waals surface area contributed by atoms with Crippen molar-refractivity contribution in [1.29, 1.82) is 0 Å². The molecule has 0 heterocycles. The number of nitro benzene ring substituents is 1. The van der Waals surface area contributed by atoms with Gasteiger partial charge < -0.3 is 4.90 Å². The SMILES string of the molecule is CN(c1ccc(-c2ccccc2)cc1)c1ccccc1[N+](=O)[O-].